The van der Waals surface area contributed by atoms with E-state index in [1.807, 2.05) is 29.6 Å². The second-order valence-corrected chi connectivity index (χ2v) is 4.75. The molecule has 0 atom stereocenters. The molecule has 3 nitrogen and oxygen atoms in total. The van der Waals surface area contributed by atoms with Gasteiger partial charge in [0.15, 0.2) is 0 Å². The molecule has 0 saturated carbocycles. The van der Waals surface area contributed by atoms with Crippen LogP contribution in [0.15, 0.2) is 42.0 Å². The first-order chi connectivity index (χ1) is 8.34. The van der Waals surface area contributed by atoms with Gasteiger partial charge < -0.3 is 5.32 Å². The third-order valence-corrected chi connectivity index (χ3v) is 3.28. The monoisotopic (exact) mass is 246 g/mol. The lowest BCUT2D eigenvalue weighted by molar-refractivity contribution is -0.121. The van der Waals surface area contributed by atoms with Crippen LogP contribution in [0.1, 0.15) is 16.9 Å². The first kappa shape index (κ1) is 11.8. The van der Waals surface area contributed by atoms with Crippen LogP contribution in [0.3, 0.4) is 0 Å². The molecule has 17 heavy (non-hydrogen) atoms. The summed E-state index contributed by atoms with van der Waals surface area (Å²) in [6.07, 6.45) is 4.79. The average molecular weight is 246 g/mol. The van der Waals surface area contributed by atoms with Gasteiger partial charge in [-0.1, -0.05) is 12.1 Å². The van der Waals surface area contributed by atoms with Crippen molar-refractivity contribution in [3.63, 3.8) is 0 Å². The van der Waals surface area contributed by atoms with Crippen LogP contribution in [-0.2, 0) is 17.8 Å². The molecule has 2 heterocycles. The molecule has 0 aliphatic heterocycles. The van der Waals surface area contributed by atoms with E-state index in [1.165, 1.54) is 4.88 Å². The van der Waals surface area contributed by atoms with E-state index in [9.17, 15) is 4.79 Å². The Morgan fingerprint density at radius 3 is 3.00 bits per heavy atom. The lowest BCUT2D eigenvalue weighted by atomic mass is 10.1. The highest BCUT2D eigenvalue weighted by Crippen LogP contribution is 2.07. The summed E-state index contributed by atoms with van der Waals surface area (Å²) in [4.78, 5) is 16.8. The first-order valence-corrected chi connectivity index (χ1v) is 6.40. The zero-order valence-corrected chi connectivity index (χ0v) is 10.2. The molecule has 0 unspecified atom stereocenters. The number of nitrogens with zero attached hydrogens (tertiary/aromatic N) is 1. The molecular weight excluding hydrogens is 232 g/mol. The number of thiophene rings is 1. The van der Waals surface area contributed by atoms with Crippen molar-refractivity contribution in [1.29, 1.82) is 0 Å². The number of carbonyl (C=O) groups is 1. The van der Waals surface area contributed by atoms with Crippen LogP contribution < -0.4 is 5.32 Å². The number of rotatable bonds is 5. The normalized spacial score (nSPS) is 10.1. The Kier molecular flexibility index (Phi) is 4.27. The number of carbonyl (C=O) groups excluding carboxylic acids is 1. The zero-order valence-electron chi connectivity index (χ0n) is 9.43. The molecule has 88 valence electrons. The summed E-state index contributed by atoms with van der Waals surface area (Å²) in [5, 5.41) is 4.92. The Hall–Kier alpha value is -1.68. The SMILES string of the molecule is O=C(CCc1cccnc1)NCc1cccs1. The number of aryl methyl sites for hydroxylation is 1. The van der Waals surface area contributed by atoms with Crippen molar-refractivity contribution in [1.82, 2.24) is 10.3 Å². The largest absolute Gasteiger partial charge is 0.351 e. The van der Waals surface area contributed by atoms with Crippen LogP contribution in [-0.4, -0.2) is 10.9 Å². The minimum atomic E-state index is 0.0854. The van der Waals surface area contributed by atoms with Gasteiger partial charge in [0.05, 0.1) is 6.54 Å². The van der Waals surface area contributed by atoms with Crippen molar-refractivity contribution in [2.24, 2.45) is 0 Å². The summed E-state index contributed by atoms with van der Waals surface area (Å²) < 4.78 is 0. The van der Waals surface area contributed by atoms with Gasteiger partial charge in [-0.2, -0.15) is 0 Å². The summed E-state index contributed by atoms with van der Waals surface area (Å²) >= 11 is 1.65. The second kappa shape index (κ2) is 6.15. The van der Waals surface area contributed by atoms with Crippen molar-refractivity contribution in [3.05, 3.63) is 52.5 Å². The van der Waals surface area contributed by atoms with Gasteiger partial charge in [0.25, 0.3) is 0 Å². The molecular formula is C13H14N2OS. The summed E-state index contributed by atoms with van der Waals surface area (Å²) in [5.74, 6) is 0.0854. The number of hydrogen-bond donors (Lipinski definition) is 1. The van der Waals surface area contributed by atoms with Crippen LogP contribution in [0.25, 0.3) is 0 Å². The van der Waals surface area contributed by atoms with Gasteiger partial charge in [-0.3, -0.25) is 9.78 Å². The van der Waals surface area contributed by atoms with Crippen molar-refractivity contribution >= 4 is 17.2 Å². The Morgan fingerprint density at radius 1 is 1.35 bits per heavy atom. The lowest BCUT2D eigenvalue weighted by Gasteiger charge is -2.03. The van der Waals surface area contributed by atoms with Gasteiger partial charge in [-0.25, -0.2) is 0 Å². The van der Waals surface area contributed by atoms with Crippen molar-refractivity contribution < 1.29 is 4.79 Å². The number of amides is 1. The average Bonchev–Trinajstić information content (AvgIpc) is 2.88. The fraction of sp³-hybridized carbons (Fsp3) is 0.231. The van der Waals surface area contributed by atoms with Crippen molar-refractivity contribution in [3.8, 4) is 0 Å². The molecule has 0 bridgehead atoms. The standard InChI is InChI=1S/C13H14N2OS/c16-13(15-10-12-4-2-8-17-12)6-5-11-3-1-7-14-9-11/h1-4,7-9H,5-6,10H2,(H,15,16). The van der Waals surface area contributed by atoms with Crippen molar-refractivity contribution in [2.75, 3.05) is 0 Å². The lowest BCUT2D eigenvalue weighted by Crippen LogP contribution is -2.22. The predicted octanol–water partition coefficient (Wildman–Crippen LogP) is 2.39. The van der Waals surface area contributed by atoms with Crippen LogP contribution in [0.5, 0.6) is 0 Å². The van der Waals surface area contributed by atoms with E-state index in [4.69, 9.17) is 0 Å². The minimum Gasteiger partial charge on any atom is -0.351 e. The topological polar surface area (TPSA) is 42.0 Å². The van der Waals surface area contributed by atoms with Gasteiger partial charge in [-0.05, 0) is 29.5 Å². The molecule has 0 spiro atoms. The summed E-state index contributed by atoms with van der Waals surface area (Å²) in [7, 11) is 0. The number of aromatic nitrogens is 1. The van der Waals surface area contributed by atoms with Gasteiger partial charge in [0.2, 0.25) is 5.91 Å². The van der Waals surface area contributed by atoms with E-state index in [-0.39, 0.29) is 5.91 Å². The van der Waals surface area contributed by atoms with E-state index in [2.05, 4.69) is 10.3 Å². The minimum absolute atomic E-state index is 0.0854. The Morgan fingerprint density at radius 2 is 2.29 bits per heavy atom. The molecule has 2 aromatic heterocycles. The maximum Gasteiger partial charge on any atom is 0.220 e. The highest BCUT2D eigenvalue weighted by Gasteiger charge is 2.02. The molecule has 1 amide bonds. The van der Waals surface area contributed by atoms with Crippen LogP contribution >= 0.6 is 11.3 Å². The fourth-order valence-electron chi connectivity index (χ4n) is 1.49. The van der Waals surface area contributed by atoms with Gasteiger partial charge in [0, 0.05) is 23.7 Å². The maximum absolute atomic E-state index is 11.6. The third kappa shape index (κ3) is 4.00. The molecule has 0 fully saturated rings. The van der Waals surface area contributed by atoms with Gasteiger partial charge in [-0.15, -0.1) is 11.3 Å². The van der Waals surface area contributed by atoms with Crippen LogP contribution in [0.4, 0.5) is 0 Å². The highest BCUT2D eigenvalue weighted by molar-refractivity contribution is 7.09. The molecule has 0 aromatic carbocycles. The van der Waals surface area contributed by atoms with Crippen LogP contribution in [0.2, 0.25) is 0 Å². The number of pyridine rings is 1. The number of nitrogens with one attached hydrogen (secondary N) is 1. The van der Waals surface area contributed by atoms with E-state index >= 15 is 0 Å². The Balaban J connectivity index is 1.71. The second-order valence-electron chi connectivity index (χ2n) is 3.72. The molecule has 4 heteroatoms. The van der Waals surface area contributed by atoms with Crippen LogP contribution in [0, 0.1) is 0 Å². The maximum atomic E-state index is 11.6. The van der Waals surface area contributed by atoms with E-state index in [0.717, 1.165) is 12.0 Å². The number of hydrogen-bond acceptors (Lipinski definition) is 3. The Bertz CT molecular complexity index is 454. The molecule has 2 aromatic rings. The zero-order chi connectivity index (χ0) is 11.9. The predicted molar refractivity (Wildman–Crippen MR) is 68.7 cm³/mol. The third-order valence-electron chi connectivity index (χ3n) is 2.40. The van der Waals surface area contributed by atoms with E-state index in [1.54, 1.807) is 23.7 Å². The quantitative estimate of drug-likeness (QED) is 0.880. The summed E-state index contributed by atoms with van der Waals surface area (Å²) in [6.45, 7) is 0.629. The van der Waals surface area contributed by atoms with E-state index < -0.39 is 0 Å². The Labute approximate surface area is 105 Å². The summed E-state index contributed by atoms with van der Waals surface area (Å²) in [6, 6.07) is 7.88. The van der Waals surface area contributed by atoms with E-state index in [0.29, 0.717) is 13.0 Å². The molecule has 2 rings (SSSR count). The fourth-order valence-corrected chi connectivity index (χ4v) is 2.14. The molecule has 0 saturated heterocycles. The first-order valence-electron chi connectivity index (χ1n) is 5.52. The molecule has 0 aliphatic carbocycles. The van der Waals surface area contributed by atoms with Crippen molar-refractivity contribution in [2.45, 2.75) is 19.4 Å². The molecule has 0 aliphatic rings. The van der Waals surface area contributed by atoms with Gasteiger partial charge in [0.1, 0.15) is 0 Å². The summed E-state index contributed by atoms with van der Waals surface area (Å²) in [5.41, 5.74) is 1.10. The highest BCUT2D eigenvalue weighted by atomic mass is 32.1. The molecule has 1 N–H and O–H groups in total. The van der Waals surface area contributed by atoms with Gasteiger partial charge >= 0.3 is 0 Å². The molecule has 0 radical (unpaired) electrons. The smallest absolute Gasteiger partial charge is 0.220 e.